The van der Waals surface area contributed by atoms with E-state index in [1.165, 1.54) is 18.2 Å². The Morgan fingerprint density at radius 2 is 1.15 bits per heavy atom. The van der Waals surface area contributed by atoms with Crippen molar-refractivity contribution >= 4 is 5.83 Å². The smallest absolute Gasteiger partial charge is 0.161 e. The van der Waals surface area contributed by atoms with Crippen LogP contribution in [0.3, 0.4) is 0 Å². The van der Waals surface area contributed by atoms with E-state index in [9.17, 15) is 30.7 Å². The Kier molecular flexibility index (Phi) is 8.58. The van der Waals surface area contributed by atoms with Gasteiger partial charge < -0.3 is 0 Å². The van der Waals surface area contributed by atoms with E-state index in [1.54, 1.807) is 31.2 Å². The Bertz CT molecular complexity index is 1490. The molecular formula is C32H25F7. The molecule has 0 radical (unpaired) electrons. The topological polar surface area (TPSA) is 0 Å². The molecule has 39 heavy (non-hydrogen) atoms. The van der Waals surface area contributed by atoms with E-state index in [1.807, 2.05) is 0 Å². The third kappa shape index (κ3) is 6.24. The fourth-order valence-electron chi connectivity index (χ4n) is 4.50. The zero-order chi connectivity index (χ0) is 28.3. The Hall–Kier alpha value is -3.87. The van der Waals surface area contributed by atoms with Crippen LogP contribution in [0, 0.1) is 29.1 Å². The van der Waals surface area contributed by atoms with Gasteiger partial charge in [0.05, 0.1) is 5.56 Å². The summed E-state index contributed by atoms with van der Waals surface area (Å²) >= 11 is 0. The fraction of sp³-hybridized carbons (Fsp3) is 0.188. The van der Waals surface area contributed by atoms with Gasteiger partial charge in [-0.3, -0.25) is 0 Å². The molecule has 0 unspecified atom stereocenters. The van der Waals surface area contributed by atoms with E-state index in [4.69, 9.17) is 0 Å². The van der Waals surface area contributed by atoms with Gasteiger partial charge in [-0.15, -0.1) is 0 Å². The summed E-state index contributed by atoms with van der Waals surface area (Å²) in [7, 11) is 0. The lowest BCUT2D eigenvalue weighted by atomic mass is 9.96. The quantitative estimate of drug-likeness (QED) is 0.194. The van der Waals surface area contributed by atoms with E-state index in [-0.39, 0.29) is 41.5 Å². The van der Waals surface area contributed by atoms with Gasteiger partial charge in [0.1, 0.15) is 34.9 Å². The first-order valence-corrected chi connectivity index (χ1v) is 12.5. The molecule has 4 aromatic carbocycles. The van der Waals surface area contributed by atoms with Gasteiger partial charge in [-0.05, 0) is 84.3 Å². The minimum Gasteiger partial charge on any atom is -0.209 e. The van der Waals surface area contributed by atoms with Gasteiger partial charge in [0.2, 0.25) is 0 Å². The Morgan fingerprint density at radius 1 is 0.590 bits per heavy atom. The summed E-state index contributed by atoms with van der Waals surface area (Å²) in [6.45, 7) is 2.78. The van der Waals surface area contributed by atoms with E-state index in [0.717, 1.165) is 31.2 Å². The average molecular weight is 543 g/mol. The molecule has 4 aromatic rings. The number of hydrogen-bond acceptors (Lipinski definition) is 0. The highest BCUT2D eigenvalue weighted by molar-refractivity contribution is 5.69. The Balaban J connectivity index is 1.50. The second kappa shape index (κ2) is 11.9. The van der Waals surface area contributed by atoms with Gasteiger partial charge in [0.15, 0.2) is 5.83 Å². The number of allylic oxidation sites excluding steroid dienone is 1. The fourth-order valence-corrected chi connectivity index (χ4v) is 4.50. The van der Waals surface area contributed by atoms with Gasteiger partial charge >= 0.3 is 0 Å². The second-order valence-electron chi connectivity index (χ2n) is 9.33. The number of hydrogen-bond donors (Lipinski definition) is 0. The molecule has 0 bridgehead atoms. The minimum atomic E-state index is -0.972. The number of aryl methyl sites for hydroxylation is 2. The molecule has 0 heterocycles. The third-order valence-corrected chi connectivity index (χ3v) is 6.54. The summed E-state index contributed by atoms with van der Waals surface area (Å²) in [5.74, 6) is -6.09. The van der Waals surface area contributed by atoms with Crippen LogP contribution in [0.4, 0.5) is 30.7 Å². The summed E-state index contributed by atoms with van der Waals surface area (Å²) in [6.07, 6.45) is 0.945. The van der Waals surface area contributed by atoms with Crippen LogP contribution in [0.1, 0.15) is 42.5 Å². The van der Waals surface area contributed by atoms with Crippen molar-refractivity contribution in [1.82, 2.24) is 0 Å². The Labute approximate surface area is 222 Å². The maximum absolute atomic E-state index is 14.9. The van der Waals surface area contributed by atoms with E-state index in [0.29, 0.717) is 23.1 Å². The van der Waals surface area contributed by atoms with Crippen molar-refractivity contribution in [3.8, 4) is 22.3 Å². The molecular weight excluding hydrogens is 517 g/mol. The molecule has 0 atom stereocenters. The van der Waals surface area contributed by atoms with Crippen molar-refractivity contribution in [3.63, 3.8) is 0 Å². The minimum absolute atomic E-state index is 0.0742. The lowest BCUT2D eigenvalue weighted by molar-refractivity contribution is 0.552. The van der Waals surface area contributed by atoms with Crippen molar-refractivity contribution in [2.45, 2.75) is 39.5 Å². The maximum atomic E-state index is 14.9. The summed E-state index contributed by atoms with van der Waals surface area (Å²) in [4.78, 5) is 0. The standard InChI is InChI=1S/C32H25F7/c1-3-4-25-27(35)16-24(17-28(25)36)31-29(37)13-19(14-30(31)38)5-6-21-9-12-23(15-26(21)34)20-7-10-22(11-8-20)32(39)18(2)33/h7-17H,3-6H2,1-2H3/b32-18+. The maximum Gasteiger partial charge on any atom is 0.161 e. The lowest BCUT2D eigenvalue weighted by Crippen LogP contribution is -2.01. The van der Waals surface area contributed by atoms with Crippen LogP contribution in [-0.2, 0) is 19.3 Å². The monoisotopic (exact) mass is 542 g/mol. The van der Waals surface area contributed by atoms with Crippen LogP contribution in [-0.4, -0.2) is 0 Å². The summed E-state index contributed by atoms with van der Waals surface area (Å²) < 4.78 is 100. The molecule has 4 rings (SSSR count). The van der Waals surface area contributed by atoms with Crippen LogP contribution >= 0.6 is 0 Å². The third-order valence-electron chi connectivity index (χ3n) is 6.54. The van der Waals surface area contributed by atoms with Gasteiger partial charge in [-0.1, -0.05) is 49.7 Å². The molecule has 0 fully saturated rings. The van der Waals surface area contributed by atoms with Crippen LogP contribution in [0.5, 0.6) is 0 Å². The first-order valence-electron chi connectivity index (χ1n) is 12.5. The van der Waals surface area contributed by atoms with Crippen molar-refractivity contribution < 1.29 is 30.7 Å². The first kappa shape index (κ1) is 28.1. The van der Waals surface area contributed by atoms with Gasteiger partial charge in [0, 0.05) is 11.1 Å². The number of rotatable bonds is 8. The normalized spacial score (nSPS) is 12.0. The molecule has 0 saturated heterocycles. The van der Waals surface area contributed by atoms with Crippen molar-refractivity contribution in [2.24, 2.45) is 0 Å². The zero-order valence-electron chi connectivity index (χ0n) is 21.3. The van der Waals surface area contributed by atoms with Crippen molar-refractivity contribution in [1.29, 1.82) is 0 Å². The van der Waals surface area contributed by atoms with Crippen LogP contribution in [0.2, 0.25) is 0 Å². The molecule has 0 aliphatic carbocycles. The molecule has 0 amide bonds. The molecule has 7 heteroatoms. The van der Waals surface area contributed by atoms with Gasteiger partial charge in [-0.25, -0.2) is 30.7 Å². The van der Waals surface area contributed by atoms with Gasteiger partial charge in [0.25, 0.3) is 0 Å². The largest absolute Gasteiger partial charge is 0.209 e. The van der Waals surface area contributed by atoms with Crippen molar-refractivity contribution in [3.05, 3.63) is 124 Å². The number of halogens is 7. The molecule has 0 N–H and O–H groups in total. The first-order chi connectivity index (χ1) is 18.6. The molecule has 0 saturated carbocycles. The molecule has 0 aliphatic rings. The Morgan fingerprint density at radius 3 is 1.69 bits per heavy atom. The number of benzene rings is 4. The van der Waals surface area contributed by atoms with E-state index >= 15 is 0 Å². The highest BCUT2D eigenvalue weighted by atomic mass is 19.2. The van der Waals surface area contributed by atoms with Crippen LogP contribution in [0.15, 0.2) is 72.6 Å². The predicted octanol–water partition coefficient (Wildman–Crippen LogP) is 10.1. The SMILES string of the molecule is CCCc1c(F)cc(-c2c(F)cc(CCc3ccc(-c4ccc(/C(F)=C(/C)F)cc4)cc3F)cc2F)cc1F. The summed E-state index contributed by atoms with van der Waals surface area (Å²) in [5.41, 5.74) is 0.885. The average Bonchev–Trinajstić information content (AvgIpc) is 2.89. The lowest BCUT2D eigenvalue weighted by Gasteiger charge is -2.12. The second-order valence-corrected chi connectivity index (χ2v) is 9.33. The summed E-state index contributed by atoms with van der Waals surface area (Å²) in [5, 5.41) is 0. The van der Waals surface area contributed by atoms with Crippen LogP contribution < -0.4 is 0 Å². The molecule has 0 aromatic heterocycles. The van der Waals surface area contributed by atoms with E-state index in [2.05, 4.69) is 0 Å². The summed E-state index contributed by atoms with van der Waals surface area (Å²) in [6, 6.07) is 14.4. The van der Waals surface area contributed by atoms with Crippen molar-refractivity contribution in [2.75, 3.05) is 0 Å². The van der Waals surface area contributed by atoms with Gasteiger partial charge in [-0.2, -0.15) is 0 Å². The predicted molar refractivity (Wildman–Crippen MR) is 140 cm³/mol. The van der Waals surface area contributed by atoms with Crippen LogP contribution in [0.25, 0.3) is 28.1 Å². The molecule has 0 aliphatic heterocycles. The molecule has 0 nitrogen and oxygen atoms in total. The highest BCUT2D eigenvalue weighted by Crippen LogP contribution is 2.31. The zero-order valence-corrected chi connectivity index (χ0v) is 21.3. The van der Waals surface area contributed by atoms with E-state index < -0.39 is 46.3 Å². The molecule has 202 valence electrons. The molecule has 0 spiro atoms. The highest BCUT2D eigenvalue weighted by Gasteiger charge is 2.18.